The third-order valence-electron chi connectivity index (χ3n) is 5.36. The fraction of sp³-hybridized carbons (Fsp3) is 0.469. The second-order valence-corrected chi connectivity index (χ2v) is 7.80. The first-order chi connectivity index (χ1) is 17.0. The number of Topliss-reactive ketones (excluding diaryl/α,β-unsaturated/α-hetero) is 1. The molecule has 0 radical (unpaired) electrons. The van der Waals surface area contributed by atoms with Crippen LogP contribution in [0.5, 0.6) is 11.5 Å². The minimum atomic E-state index is 0.0895. The van der Waals surface area contributed by atoms with Gasteiger partial charge in [-0.25, -0.2) is 0 Å². The minimum Gasteiger partial charge on any atom is -0.497 e. The predicted molar refractivity (Wildman–Crippen MR) is 153 cm³/mol. The molecule has 0 aliphatic heterocycles. The van der Waals surface area contributed by atoms with Crippen molar-refractivity contribution in [2.45, 2.75) is 87.5 Å². The quantitative estimate of drug-likeness (QED) is 0.226. The van der Waals surface area contributed by atoms with E-state index in [9.17, 15) is 4.79 Å². The summed E-state index contributed by atoms with van der Waals surface area (Å²) in [6.07, 6.45) is 5.75. The summed E-state index contributed by atoms with van der Waals surface area (Å²) in [5, 5.41) is 2.19. The fourth-order valence-electron chi connectivity index (χ4n) is 3.59. The molecule has 0 atom stereocenters. The molecule has 0 fully saturated rings. The number of hydrogen-bond acceptors (Lipinski definition) is 3. The number of ether oxygens (including phenoxy) is 2. The monoisotopic (exact) mass is 480 g/mol. The molecule has 0 amide bonds. The Bertz CT molecular complexity index is 958. The van der Waals surface area contributed by atoms with Crippen LogP contribution < -0.4 is 9.47 Å². The lowest BCUT2D eigenvalue weighted by atomic mass is 9.97. The summed E-state index contributed by atoms with van der Waals surface area (Å²) in [5.41, 5.74) is 3.18. The zero-order chi connectivity index (χ0) is 26.6. The molecule has 3 nitrogen and oxygen atoms in total. The number of carbonyl (C=O) groups is 1. The lowest BCUT2D eigenvalue weighted by Gasteiger charge is -2.14. The van der Waals surface area contributed by atoms with Crippen molar-refractivity contribution >= 4 is 16.6 Å². The number of ketones is 1. The van der Waals surface area contributed by atoms with E-state index in [0.29, 0.717) is 6.61 Å². The third kappa shape index (κ3) is 11.0. The largest absolute Gasteiger partial charge is 0.497 e. The number of hydrogen-bond donors (Lipinski definition) is 0. The second-order valence-electron chi connectivity index (χ2n) is 7.80. The van der Waals surface area contributed by atoms with E-state index in [2.05, 4.69) is 38.1 Å². The molecule has 0 aromatic heterocycles. The maximum Gasteiger partial charge on any atom is 0.160 e. The van der Waals surface area contributed by atoms with E-state index >= 15 is 0 Å². The molecular formula is C32H48O3. The van der Waals surface area contributed by atoms with Crippen molar-refractivity contribution in [3.63, 3.8) is 0 Å². The van der Waals surface area contributed by atoms with Gasteiger partial charge in [0.05, 0.1) is 13.7 Å². The van der Waals surface area contributed by atoms with Gasteiger partial charge in [0.15, 0.2) is 5.78 Å². The van der Waals surface area contributed by atoms with Crippen molar-refractivity contribution in [1.29, 1.82) is 0 Å². The molecule has 35 heavy (non-hydrogen) atoms. The van der Waals surface area contributed by atoms with E-state index in [1.807, 2.05) is 65.0 Å². The highest BCUT2D eigenvalue weighted by atomic mass is 16.5. The number of carbonyl (C=O) groups excluding carboxylic acids is 1. The molecule has 0 spiro atoms. The van der Waals surface area contributed by atoms with Crippen LogP contribution in [0.25, 0.3) is 10.8 Å². The van der Waals surface area contributed by atoms with Gasteiger partial charge in [0.1, 0.15) is 11.5 Å². The third-order valence-corrected chi connectivity index (χ3v) is 5.36. The highest BCUT2D eigenvalue weighted by Gasteiger charge is 2.12. The van der Waals surface area contributed by atoms with Gasteiger partial charge in [-0.15, -0.1) is 0 Å². The molecular weight excluding hydrogens is 432 g/mol. The molecule has 0 bridgehead atoms. The van der Waals surface area contributed by atoms with Crippen LogP contribution in [0.1, 0.15) is 95.6 Å². The topological polar surface area (TPSA) is 35.5 Å². The Kier molecular flexibility index (Phi) is 17.9. The normalized spacial score (nSPS) is 9.51. The molecule has 3 rings (SSSR count). The number of fused-ring (bicyclic) bond motifs is 1. The van der Waals surface area contributed by atoms with E-state index < -0.39 is 0 Å². The molecule has 0 aliphatic carbocycles. The van der Waals surface area contributed by atoms with E-state index in [4.69, 9.17) is 9.47 Å². The summed E-state index contributed by atoms with van der Waals surface area (Å²) in [5.74, 6) is 1.85. The van der Waals surface area contributed by atoms with Crippen LogP contribution in [0, 0.1) is 6.92 Å². The van der Waals surface area contributed by atoms with Gasteiger partial charge in [0.25, 0.3) is 0 Å². The molecule has 194 valence electrons. The summed E-state index contributed by atoms with van der Waals surface area (Å²) in [7, 11) is 1.69. The summed E-state index contributed by atoms with van der Waals surface area (Å²) in [6, 6.07) is 18.2. The lowest BCUT2D eigenvalue weighted by Crippen LogP contribution is -2.02. The van der Waals surface area contributed by atoms with E-state index in [0.717, 1.165) is 46.2 Å². The number of benzene rings is 3. The summed E-state index contributed by atoms with van der Waals surface area (Å²) >= 11 is 0. The van der Waals surface area contributed by atoms with Crippen molar-refractivity contribution < 1.29 is 14.3 Å². The summed E-state index contributed by atoms with van der Waals surface area (Å²) in [4.78, 5) is 11.8. The first-order valence-electron chi connectivity index (χ1n) is 13.3. The standard InChI is InChI=1S/C18H22O2.C10H14O.2C2H6/c1-4-5-8-11-20-18-12-17(14(3)19)13(2)15-9-6-7-10-16(15)18;1-3-4-9-5-7-10(11-2)8-6-9;2*1-2/h6-7,9-10,12H,4-5,8,11H2,1-3H3;5-8H,3-4H2,1-2H3;2*1-2H3. The van der Waals surface area contributed by atoms with Gasteiger partial charge >= 0.3 is 0 Å². The van der Waals surface area contributed by atoms with E-state index in [1.165, 1.54) is 24.8 Å². The van der Waals surface area contributed by atoms with Gasteiger partial charge in [-0.1, -0.05) is 97.2 Å². The van der Waals surface area contributed by atoms with Crippen molar-refractivity contribution in [3.05, 3.63) is 71.3 Å². The smallest absolute Gasteiger partial charge is 0.160 e. The molecule has 3 aromatic rings. The van der Waals surface area contributed by atoms with Crippen molar-refractivity contribution in [3.8, 4) is 11.5 Å². The van der Waals surface area contributed by atoms with Crippen LogP contribution >= 0.6 is 0 Å². The number of methoxy groups -OCH3 is 1. The zero-order valence-electron chi connectivity index (χ0n) is 23.7. The average molecular weight is 481 g/mol. The molecule has 0 unspecified atom stereocenters. The van der Waals surface area contributed by atoms with Crippen LogP contribution in [-0.2, 0) is 6.42 Å². The van der Waals surface area contributed by atoms with Crippen LogP contribution in [-0.4, -0.2) is 19.5 Å². The van der Waals surface area contributed by atoms with Gasteiger partial charge in [-0.3, -0.25) is 4.79 Å². The molecule has 0 heterocycles. The lowest BCUT2D eigenvalue weighted by molar-refractivity contribution is 0.101. The van der Waals surface area contributed by atoms with E-state index in [1.54, 1.807) is 14.0 Å². The Morgan fingerprint density at radius 3 is 1.94 bits per heavy atom. The Morgan fingerprint density at radius 2 is 1.43 bits per heavy atom. The van der Waals surface area contributed by atoms with Crippen molar-refractivity contribution in [2.24, 2.45) is 0 Å². The first-order valence-corrected chi connectivity index (χ1v) is 13.3. The zero-order valence-corrected chi connectivity index (χ0v) is 23.7. The van der Waals surface area contributed by atoms with Crippen LogP contribution in [0.2, 0.25) is 0 Å². The van der Waals surface area contributed by atoms with E-state index in [-0.39, 0.29) is 5.78 Å². The average Bonchev–Trinajstić information content (AvgIpc) is 2.91. The maximum atomic E-state index is 11.8. The highest BCUT2D eigenvalue weighted by molar-refractivity contribution is 6.03. The number of unbranched alkanes of at least 4 members (excludes halogenated alkanes) is 2. The van der Waals surface area contributed by atoms with Crippen LogP contribution in [0.15, 0.2) is 54.6 Å². The fourth-order valence-corrected chi connectivity index (χ4v) is 3.59. The van der Waals surface area contributed by atoms with Crippen LogP contribution in [0.3, 0.4) is 0 Å². The highest BCUT2D eigenvalue weighted by Crippen LogP contribution is 2.31. The molecule has 0 saturated heterocycles. The summed E-state index contributed by atoms with van der Waals surface area (Å²) < 4.78 is 11.0. The second kappa shape index (κ2) is 19.5. The number of rotatable bonds is 9. The Hall–Kier alpha value is -2.81. The van der Waals surface area contributed by atoms with Crippen molar-refractivity contribution in [1.82, 2.24) is 0 Å². The van der Waals surface area contributed by atoms with Gasteiger partial charge in [-0.05, 0) is 61.4 Å². The van der Waals surface area contributed by atoms with Gasteiger partial charge in [0, 0.05) is 10.9 Å². The SMILES string of the molecule is CC.CC.CCCCCOc1cc(C(C)=O)c(C)c2ccccc12.CCCc1ccc(OC)cc1. The van der Waals surface area contributed by atoms with Crippen molar-refractivity contribution in [2.75, 3.05) is 13.7 Å². The Morgan fingerprint density at radius 1 is 0.829 bits per heavy atom. The predicted octanol–water partition coefficient (Wildman–Crippen LogP) is 9.62. The molecule has 0 N–H and O–H groups in total. The molecule has 0 saturated carbocycles. The Labute approximate surface area is 214 Å². The van der Waals surface area contributed by atoms with Gasteiger partial charge < -0.3 is 9.47 Å². The minimum absolute atomic E-state index is 0.0895. The van der Waals surface area contributed by atoms with Gasteiger partial charge in [0.2, 0.25) is 0 Å². The first kappa shape index (κ1) is 32.2. The molecule has 3 aromatic carbocycles. The number of aryl methyl sites for hydroxylation is 2. The van der Waals surface area contributed by atoms with Gasteiger partial charge in [-0.2, -0.15) is 0 Å². The summed E-state index contributed by atoms with van der Waals surface area (Å²) in [6.45, 7) is 16.7. The Balaban J connectivity index is 0.000000652. The molecule has 3 heteroatoms. The maximum absolute atomic E-state index is 11.8. The van der Waals surface area contributed by atoms with Crippen LogP contribution in [0.4, 0.5) is 0 Å². The molecule has 0 aliphatic rings.